The number of piperazine rings is 1. The predicted octanol–water partition coefficient (Wildman–Crippen LogP) is 2.31. The molecule has 7 heteroatoms. The van der Waals surface area contributed by atoms with Gasteiger partial charge in [0.2, 0.25) is 15.9 Å². The van der Waals surface area contributed by atoms with E-state index in [1.54, 1.807) is 4.31 Å². The second-order valence-corrected chi connectivity index (χ2v) is 10.1. The Morgan fingerprint density at radius 2 is 1.68 bits per heavy atom. The third kappa shape index (κ3) is 5.13. The van der Waals surface area contributed by atoms with Crippen molar-refractivity contribution in [3.05, 3.63) is 35.9 Å². The highest BCUT2D eigenvalue weighted by Gasteiger charge is 2.33. The molecule has 0 unspecified atom stereocenters. The van der Waals surface area contributed by atoms with E-state index in [4.69, 9.17) is 0 Å². The summed E-state index contributed by atoms with van der Waals surface area (Å²) in [6.45, 7) is 4.04. The minimum atomic E-state index is -3.33. The fourth-order valence-corrected chi connectivity index (χ4v) is 5.86. The molecule has 1 saturated heterocycles. The van der Waals surface area contributed by atoms with Crippen molar-refractivity contribution in [2.75, 3.05) is 33.2 Å². The second kappa shape index (κ2) is 9.37. The van der Waals surface area contributed by atoms with Crippen molar-refractivity contribution in [1.29, 1.82) is 0 Å². The third-order valence-corrected chi connectivity index (χ3v) is 8.08. The van der Waals surface area contributed by atoms with Gasteiger partial charge < -0.3 is 4.90 Å². The molecule has 6 nitrogen and oxygen atoms in total. The first kappa shape index (κ1) is 21.3. The van der Waals surface area contributed by atoms with Gasteiger partial charge in [-0.05, 0) is 25.3 Å². The van der Waals surface area contributed by atoms with Crippen LogP contribution in [0.5, 0.6) is 0 Å². The fourth-order valence-electron chi connectivity index (χ4n) is 4.34. The Morgan fingerprint density at radius 3 is 2.29 bits per heavy atom. The lowest BCUT2D eigenvalue weighted by Crippen LogP contribution is -2.56. The topological polar surface area (TPSA) is 60.9 Å². The molecular weight excluding hydrogens is 374 g/mol. The molecule has 1 atom stereocenters. The van der Waals surface area contributed by atoms with Gasteiger partial charge in [-0.15, -0.1) is 0 Å². The molecular formula is C21H33N3O3S. The number of hydrogen-bond donors (Lipinski definition) is 0. The summed E-state index contributed by atoms with van der Waals surface area (Å²) in [5, 5.41) is 0. The summed E-state index contributed by atoms with van der Waals surface area (Å²) in [4.78, 5) is 17.0. The molecule has 28 heavy (non-hydrogen) atoms. The average molecular weight is 408 g/mol. The summed E-state index contributed by atoms with van der Waals surface area (Å²) in [6, 6.07) is 9.45. The van der Waals surface area contributed by atoms with E-state index in [0.717, 1.165) is 18.4 Å². The molecule has 1 aromatic rings. The number of rotatable bonds is 6. The molecule has 2 fully saturated rings. The van der Waals surface area contributed by atoms with Crippen LogP contribution in [0.4, 0.5) is 0 Å². The predicted molar refractivity (Wildman–Crippen MR) is 111 cm³/mol. The Hall–Kier alpha value is -1.44. The van der Waals surface area contributed by atoms with Crippen LogP contribution in [0, 0.1) is 0 Å². The third-order valence-electron chi connectivity index (χ3n) is 6.23. The minimum absolute atomic E-state index is 0.0345. The number of benzene rings is 1. The van der Waals surface area contributed by atoms with Crippen LogP contribution < -0.4 is 0 Å². The molecule has 0 radical (unpaired) electrons. The van der Waals surface area contributed by atoms with Crippen LogP contribution in [0.3, 0.4) is 0 Å². The normalized spacial score (nSPS) is 21.4. The smallest absolute Gasteiger partial charge is 0.239 e. The van der Waals surface area contributed by atoms with Crippen LogP contribution in [-0.2, 0) is 20.6 Å². The highest BCUT2D eigenvalue weighted by molar-refractivity contribution is 7.88. The fraction of sp³-hybridized carbons (Fsp3) is 0.667. The SMILES string of the molecule is C[C@@H](C(=O)N(C)C1CCCCC1)N1CCN(S(=O)(=O)Cc2ccccc2)CC1. The summed E-state index contributed by atoms with van der Waals surface area (Å²) in [6.07, 6.45) is 5.87. The van der Waals surface area contributed by atoms with Gasteiger partial charge in [-0.1, -0.05) is 49.6 Å². The zero-order valence-corrected chi connectivity index (χ0v) is 17.9. The molecule has 1 aliphatic heterocycles. The highest BCUT2D eigenvalue weighted by atomic mass is 32.2. The largest absolute Gasteiger partial charge is 0.341 e. The van der Waals surface area contributed by atoms with Crippen molar-refractivity contribution in [3.63, 3.8) is 0 Å². The number of carbonyl (C=O) groups is 1. The van der Waals surface area contributed by atoms with Crippen molar-refractivity contribution in [2.24, 2.45) is 0 Å². The number of carbonyl (C=O) groups excluding carboxylic acids is 1. The van der Waals surface area contributed by atoms with E-state index in [1.165, 1.54) is 19.3 Å². The Kier molecular flexibility index (Phi) is 7.12. The average Bonchev–Trinajstić information content (AvgIpc) is 2.73. The van der Waals surface area contributed by atoms with E-state index in [1.807, 2.05) is 49.2 Å². The molecule has 1 heterocycles. The van der Waals surface area contributed by atoms with Gasteiger partial charge in [0.15, 0.2) is 0 Å². The van der Waals surface area contributed by atoms with Crippen molar-refractivity contribution in [2.45, 2.75) is 56.9 Å². The van der Waals surface area contributed by atoms with Crippen LogP contribution in [-0.4, -0.2) is 73.7 Å². The van der Waals surface area contributed by atoms with Crippen LogP contribution in [0.1, 0.15) is 44.6 Å². The van der Waals surface area contributed by atoms with Crippen LogP contribution in [0.2, 0.25) is 0 Å². The van der Waals surface area contributed by atoms with Gasteiger partial charge in [0.25, 0.3) is 0 Å². The lowest BCUT2D eigenvalue weighted by atomic mass is 9.94. The summed E-state index contributed by atoms with van der Waals surface area (Å²) < 4.78 is 27.0. The summed E-state index contributed by atoms with van der Waals surface area (Å²) in [7, 11) is -1.40. The minimum Gasteiger partial charge on any atom is -0.341 e. The van der Waals surface area contributed by atoms with E-state index in [9.17, 15) is 13.2 Å². The van der Waals surface area contributed by atoms with Crippen LogP contribution in [0.25, 0.3) is 0 Å². The molecule has 156 valence electrons. The molecule has 0 spiro atoms. The van der Waals surface area contributed by atoms with Gasteiger partial charge in [0.1, 0.15) is 0 Å². The number of likely N-dealkylation sites (N-methyl/N-ethyl adjacent to an activating group) is 1. The lowest BCUT2D eigenvalue weighted by Gasteiger charge is -2.40. The molecule has 0 aromatic heterocycles. The van der Waals surface area contributed by atoms with Crippen molar-refractivity contribution >= 4 is 15.9 Å². The maximum atomic E-state index is 12.9. The second-order valence-electron chi connectivity index (χ2n) is 8.09. The lowest BCUT2D eigenvalue weighted by molar-refractivity contribution is -0.138. The first-order valence-electron chi connectivity index (χ1n) is 10.4. The molecule has 3 rings (SSSR count). The molecule has 1 amide bonds. The van der Waals surface area contributed by atoms with E-state index in [-0.39, 0.29) is 17.7 Å². The summed E-state index contributed by atoms with van der Waals surface area (Å²) >= 11 is 0. The Morgan fingerprint density at radius 1 is 1.07 bits per heavy atom. The van der Waals surface area contributed by atoms with E-state index < -0.39 is 10.0 Å². The maximum Gasteiger partial charge on any atom is 0.239 e. The van der Waals surface area contributed by atoms with E-state index in [2.05, 4.69) is 4.90 Å². The highest BCUT2D eigenvalue weighted by Crippen LogP contribution is 2.23. The van der Waals surface area contributed by atoms with Crippen molar-refractivity contribution in [3.8, 4) is 0 Å². The first-order chi connectivity index (χ1) is 13.4. The molecule has 1 aromatic carbocycles. The Labute approximate surface area is 169 Å². The summed E-state index contributed by atoms with van der Waals surface area (Å²) in [5.74, 6) is 0.194. The van der Waals surface area contributed by atoms with Gasteiger partial charge >= 0.3 is 0 Å². The van der Waals surface area contributed by atoms with E-state index in [0.29, 0.717) is 32.2 Å². The van der Waals surface area contributed by atoms with Gasteiger partial charge in [0.05, 0.1) is 11.8 Å². The standard InChI is InChI=1S/C21H33N3O3S/c1-18(21(25)22(2)20-11-7-4-8-12-20)23-13-15-24(16-14-23)28(26,27)17-19-9-5-3-6-10-19/h3,5-6,9-10,18,20H,4,7-8,11-17H2,1-2H3/t18-/m0/s1. The van der Waals surface area contributed by atoms with Crippen molar-refractivity contribution < 1.29 is 13.2 Å². The molecule has 1 aliphatic carbocycles. The molecule has 0 N–H and O–H groups in total. The Balaban J connectivity index is 1.53. The number of sulfonamides is 1. The van der Waals surface area contributed by atoms with Gasteiger partial charge in [-0.2, -0.15) is 4.31 Å². The quantitative estimate of drug-likeness (QED) is 0.726. The van der Waals surface area contributed by atoms with Crippen LogP contribution >= 0.6 is 0 Å². The maximum absolute atomic E-state index is 12.9. The molecule has 0 bridgehead atoms. The first-order valence-corrected chi connectivity index (χ1v) is 12.0. The molecule has 2 aliphatic rings. The molecule has 1 saturated carbocycles. The van der Waals surface area contributed by atoms with E-state index >= 15 is 0 Å². The van der Waals surface area contributed by atoms with Crippen molar-refractivity contribution in [1.82, 2.24) is 14.1 Å². The number of amides is 1. The number of nitrogens with zero attached hydrogens (tertiary/aromatic N) is 3. The zero-order chi connectivity index (χ0) is 20.1. The monoisotopic (exact) mass is 407 g/mol. The summed E-state index contributed by atoms with van der Waals surface area (Å²) in [5.41, 5.74) is 0.808. The van der Waals surface area contributed by atoms with Gasteiger partial charge in [0, 0.05) is 39.3 Å². The van der Waals surface area contributed by atoms with Gasteiger partial charge in [-0.25, -0.2) is 8.42 Å². The zero-order valence-electron chi connectivity index (χ0n) is 17.1. The Bertz CT molecular complexity index is 739. The van der Waals surface area contributed by atoms with Gasteiger partial charge in [-0.3, -0.25) is 9.69 Å². The van der Waals surface area contributed by atoms with Crippen LogP contribution in [0.15, 0.2) is 30.3 Å². The number of hydrogen-bond acceptors (Lipinski definition) is 4.